The molecule has 0 saturated heterocycles. The van der Waals surface area contributed by atoms with Gasteiger partial charge >= 0.3 is 0 Å². The van der Waals surface area contributed by atoms with Gasteiger partial charge in [-0.25, -0.2) is 0 Å². The van der Waals surface area contributed by atoms with E-state index < -0.39 is 6.10 Å². The van der Waals surface area contributed by atoms with E-state index in [4.69, 9.17) is 11.6 Å². The zero-order chi connectivity index (χ0) is 14.5. The second-order valence-electron chi connectivity index (χ2n) is 4.85. The normalized spacial score (nSPS) is 12.8. The fraction of sp³-hybridized carbons (Fsp3) is 0.467. The van der Waals surface area contributed by atoms with Crippen LogP contribution in [0, 0.1) is 0 Å². The summed E-state index contributed by atoms with van der Waals surface area (Å²) in [5, 5.41) is 15.2. The van der Waals surface area contributed by atoms with Gasteiger partial charge in [0.2, 0.25) is 0 Å². The zero-order valence-corrected chi connectivity index (χ0v) is 12.6. The number of halogens is 1. The highest BCUT2D eigenvalue weighted by atomic mass is 35.5. The molecule has 2 heterocycles. The van der Waals surface area contributed by atoms with Crippen molar-refractivity contribution >= 4 is 11.6 Å². The van der Waals surface area contributed by atoms with Crippen LogP contribution < -0.4 is 0 Å². The number of hydrogen-bond acceptors (Lipinski definition) is 3. The summed E-state index contributed by atoms with van der Waals surface area (Å²) in [7, 11) is 0. The largest absolute Gasteiger partial charge is 0.386 e. The Morgan fingerprint density at radius 1 is 1.30 bits per heavy atom. The number of aliphatic hydroxyl groups is 1. The van der Waals surface area contributed by atoms with E-state index in [9.17, 15) is 5.11 Å². The maximum absolute atomic E-state index is 10.2. The summed E-state index contributed by atoms with van der Waals surface area (Å²) in [6.45, 7) is 4.30. The highest BCUT2D eigenvalue weighted by Gasteiger charge is 2.16. The first-order chi connectivity index (χ1) is 9.65. The molecule has 0 aromatic carbocycles. The molecule has 20 heavy (non-hydrogen) atoms. The van der Waals surface area contributed by atoms with Crippen LogP contribution in [-0.4, -0.2) is 19.9 Å². The second-order valence-corrected chi connectivity index (χ2v) is 5.25. The Labute approximate surface area is 124 Å². The third-order valence-corrected chi connectivity index (χ3v) is 3.80. The van der Waals surface area contributed by atoms with Crippen molar-refractivity contribution in [3.05, 3.63) is 47.0 Å². The molecule has 0 saturated carbocycles. The minimum Gasteiger partial charge on any atom is -0.386 e. The molecule has 1 unspecified atom stereocenters. The van der Waals surface area contributed by atoms with Crippen LogP contribution in [0.5, 0.6) is 0 Å². The summed E-state index contributed by atoms with van der Waals surface area (Å²) in [6.07, 6.45) is 5.39. The third kappa shape index (κ3) is 3.38. The Kier molecular flexibility index (Phi) is 5.15. The van der Waals surface area contributed by atoms with Crippen molar-refractivity contribution in [2.24, 2.45) is 0 Å². The topological polar surface area (TPSA) is 50.9 Å². The van der Waals surface area contributed by atoms with E-state index in [0.29, 0.717) is 23.2 Å². The van der Waals surface area contributed by atoms with Crippen LogP contribution in [0.4, 0.5) is 0 Å². The van der Waals surface area contributed by atoms with Crippen LogP contribution in [-0.2, 0) is 6.42 Å². The number of hydrogen-bond donors (Lipinski definition) is 1. The first kappa shape index (κ1) is 15.0. The van der Waals surface area contributed by atoms with Crippen molar-refractivity contribution in [1.82, 2.24) is 14.8 Å². The molecule has 0 bridgehead atoms. The molecule has 2 aromatic rings. The second kappa shape index (κ2) is 6.86. The molecule has 0 aliphatic carbocycles. The monoisotopic (exact) mass is 293 g/mol. The standard InChI is InChI=1S/C15H20ClN3O/c1-3-12(4-2)19-9-7-11(18-19)10-14(20)15-13(16)6-5-8-17-15/h5-9,12,14,20H,3-4,10H2,1-2H3. The van der Waals surface area contributed by atoms with E-state index in [1.165, 1.54) is 0 Å². The lowest BCUT2D eigenvalue weighted by Crippen LogP contribution is -2.09. The zero-order valence-electron chi connectivity index (χ0n) is 11.8. The molecule has 0 radical (unpaired) electrons. The Hall–Kier alpha value is -1.39. The number of nitrogens with zero attached hydrogens (tertiary/aromatic N) is 3. The van der Waals surface area contributed by atoms with E-state index in [0.717, 1.165) is 18.5 Å². The minimum atomic E-state index is -0.728. The molecule has 1 atom stereocenters. The molecule has 5 heteroatoms. The van der Waals surface area contributed by atoms with Crippen LogP contribution >= 0.6 is 11.6 Å². The Bertz CT molecular complexity index is 552. The summed E-state index contributed by atoms with van der Waals surface area (Å²) in [5.41, 5.74) is 1.36. The Morgan fingerprint density at radius 3 is 2.70 bits per heavy atom. The van der Waals surface area contributed by atoms with Crippen molar-refractivity contribution in [2.45, 2.75) is 45.3 Å². The van der Waals surface area contributed by atoms with E-state index in [-0.39, 0.29) is 0 Å². The molecule has 108 valence electrons. The average Bonchev–Trinajstić information content (AvgIpc) is 2.89. The van der Waals surface area contributed by atoms with Crippen molar-refractivity contribution in [1.29, 1.82) is 0 Å². The summed E-state index contributed by atoms with van der Waals surface area (Å²) in [5.74, 6) is 0. The number of aliphatic hydroxyl groups excluding tert-OH is 1. The minimum absolute atomic E-state index is 0.416. The van der Waals surface area contributed by atoms with Crippen molar-refractivity contribution in [2.75, 3.05) is 0 Å². The first-order valence-electron chi connectivity index (χ1n) is 6.98. The lowest BCUT2D eigenvalue weighted by atomic mass is 10.1. The van der Waals surface area contributed by atoms with Crippen LogP contribution in [0.15, 0.2) is 30.6 Å². The quantitative estimate of drug-likeness (QED) is 0.886. The molecule has 0 fully saturated rings. The van der Waals surface area contributed by atoms with Gasteiger partial charge in [0.1, 0.15) is 6.10 Å². The van der Waals surface area contributed by atoms with Gasteiger partial charge in [0.15, 0.2) is 0 Å². The smallest absolute Gasteiger partial charge is 0.103 e. The molecule has 0 aliphatic heterocycles. The van der Waals surface area contributed by atoms with Gasteiger partial charge in [0, 0.05) is 18.8 Å². The molecule has 1 N–H and O–H groups in total. The first-order valence-corrected chi connectivity index (χ1v) is 7.36. The van der Waals surface area contributed by atoms with Crippen LogP contribution in [0.1, 0.15) is 50.2 Å². The van der Waals surface area contributed by atoms with Gasteiger partial charge in [0.05, 0.1) is 22.5 Å². The molecule has 0 aliphatic rings. The average molecular weight is 294 g/mol. The van der Waals surface area contributed by atoms with Gasteiger partial charge in [-0.3, -0.25) is 9.67 Å². The molecule has 0 spiro atoms. The maximum Gasteiger partial charge on any atom is 0.103 e. The molecule has 0 amide bonds. The van der Waals surface area contributed by atoms with Crippen LogP contribution in [0.3, 0.4) is 0 Å². The summed E-state index contributed by atoms with van der Waals surface area (Å²) < 4.78 is 1.97. The van der Waals surface area contributed by atoms with Crippen LogP contribution in [0.2, 0.25) is 5.02 Å². The Morgan fingerprint density at radius 2 is 2.05 bits per heavy atom. The van der Waals surface area contributed by atoms with Gasteiger partial charge in [-0.05, 0) is 31.0 Å². The van der Waals surface area contributed by atoms with Crippen molar-refractivity contribution in [3.8, 4) is 0 Å². The molecule has 2 aromatic heterocycles. The van der Waals surface area contributed by atoms with Gasteiger partial charge in [-0.1, -0.05) is 25.4 Å². The summed E-state index contributed by atoms with van der Waals surface area (Å²) in [6, 6.07) is 5.84. The fourth-order valence-electron chi connectivity index (χ4n) is 2.29. The van der Waals surface area contributed by atoms with Gasteiger partial charge in [0.25, 0.3) is 0 Å². The molecular weight excluding hydrogens is 274 g/mol. The van der Waals surface area contributed by atoms with E-state index in [1.54, 1.807) is 18.3 Å². The lowest BCUT2D eigenvalue weighted by Gasteiger charge is -2.13. The summed E-state index contributed by atoms with van der Waals surface area (Å²) in [4.78, 5) is 4.13. The summed E-state index contributed by atoms with van der Waals surface area (Å²) >= 11 is 6.04. The van der Waals surface area contributed by atoms with E-state index in [1.807, 2.05) is 16.9 Å². The van der Waals surface area contributed by atoms with Crippen LogP contribution in [0.25, 0.3) is 0 Å². The number of pyridine rings is 1. The fourth-order valence-corrected chi connectivity index (χ4v) is 2.54. The van der Waals surface area contributed by atoms with E-state index in [2.05, 4.69) is 23.9 Å². The highest BCUT2D eigenvalue weighted by molar-refractivity contribution is 6.31. The molecule has 2 rings (SSSR count). The van der Waals surface area contributed by atoms with Gasteiger partial charge in [-0.15, -0.1) is 0 Å². The SMILES string of the molecule is CCC(CC)n1ccc(CC(O)c2ncccc2Cl)n1. The lowest BCUT2D eigenvalue weighted by molar-refractivity contribution is 0.172. The van der Waals surface area contributed by atoms with Crippen molar-refractivity contribution < 1.29 is 5.11 Å². The van der Waals surface area contributed by atoms with Crippen molar-refractivity contribution in [3.63, 3.8) is 0 Å². The molecular formula is C15H20ClN3O. The van der Waals surface area contributed by atoms with Gasteiger partial charge < -0.3 is 5.11 Å². The number of aromatic nitrogens is 3. The predicted molar refractivity (Wildman–Crippen MR) is 79.8 cm³/mol. The predicted octanol–water partition coefficient (Wildman–Crippen LogP) is 3.57. The maximum atomic E-state index is 10.2. The highest BCUT2D eigenvalue weighted by Crippen LogP contribution is 2.23. The van der Waals surface area contributed by atoms with E-state index >= 15 is 0 Å². The number of rotatable bonds is 6. The Balaban J connectivity index is 2.09. The third-order valence-electron chi connectivity index (χ3n) is 3.49. The van der Waals surface area contributed by atoms with Gasteiger partial charge in [-0.2, -0.15) is 5.10 Å². The molecule has 4 nitrogen and oxygen atoms in total.